The molecule has 1 aliphatic rings. The summed E-state index contributed by atoms with van der Waals surface area (Å²) >= 11 is 0. The topological polar surface area (TPSA) is 64.4 Å². The van der Waals surface area contributed by atoms with Gasteiger partial charge in [-0.05, 0) is 0 Å². The average Bonchev–Trinajstić information content (AvgIpc) is 2.12. The molecule has 0 aromatic heterocycles. The molecule has 0 saturated carbocycles. The van der Waals surface area contributed by atoms with Crippen molar-refractivity contribution in [2.24, 2.45) is 0 Å². The largest absolute Gasteiger partial charge is 0.398 e. The first-order valence-electron chi connectivity index (χ1n) is 1.94. The maximum atomic E-state index is 9.79. The molecule has 43 valence electrons. The molecule has 8 heavy (non-hydrogen) atoms. The third-order valence-electron chi connectivity index (χ3n) is 0.692. The maximum absolute atomic E-state index is 9.79. The standard InChI is InChI=1S/C3H3N2O3/c6-5(7)3-1-2-8-4-3/h1,3-4H. The second-order valence-corrected chi connectivity index (χ2v) is 1.23. The molecule has 1 radical (unpaired) electrons. The highest BCUT2D eigenvalue weighted by molar-refractivity contribution is 4.78. The third kappa shape index (κ3) is 0.760. The smallest absolute Gasteiger partial charge is 0.318 e. The van der Waals surface area contributed by atoms with Gasteiger partial charge in [0.15, 0.2) is 6.26 Å². The lowest BCUT2D eigenvalue weighted by molar-refractivity contribution is -0.522. The third-order valence-corrected chi connectivity index (χ3v) is 0.692. The minimum Gasteiger partial charge on any atom is -0.398 e. The zero-order chi connectivity index (χ0) is 5.98. The normalized spacial score (nSPS) is 25.2. The fraction of sp³-hybridized carbons (Fsp3) is 0.333. The van der Waals surface area contributed by atoms with Crippen LogP contribution in [0.3, 0.4) is 0 Å². The van der Waals surface area contributed by atoms with Crippen molar-refractivity contribution in [2.45, 2.75) is 6.17 Å². The zero-order valence-corrected chi connectivity index (χ0v) is 3.83. The van der Waals surface area contributed by atoms with E-state index in [1.807, 2.05) is 0 Å². The quantitative estimate of drug-likeness (QED) is 0.367. The Labute approximate surface area is 45.0 Å². The van der Waals surface area contributed by atoms with Crippen molar-refractivity contribution < 1.29 is 9.76 Å². The molecule has 1 heterocycles. The number of nitrogens with one attached hydrogen (secondary N) is 1. The Kier molecular flexibility index (Phi) is 1.13. The fourth-order valence-corrected chi connectivity index (χ4v) is 0.331. The summed E-state index contributed by atoms with van der Waals surface area (Å²) in [6.07, 6.45) is 2.45. The fourth-order valence-electron chi connectivity index (χ4n) is 0.331. The number of hydroxylamine groups is 1. The summed E-state index contributed by atoms with van der Waals surface area (Å²) in [6, 6.07) is 0. The summed E-state index contributed by atoms with van der Waals surface area (Å²) in [4.78, 5) is 13.5. The van der Waals surface area contributed by atoms with Crippen LogP contribution in [-0.4, -0.2) is 11.1 Å². The number of rotatable bonds is 1. The van der Waals surface area contributed by atoms with Gasteiger partial charge in [0.25, 0.3) is 0 Å². The van der Waals surface area contributed by atoms with E-state index in [2.05, 4.69) is 16.6 Å². The predicted molar refractivity (Wildman–Crippen MR) is 22.8 cm³/mol. The van der Waals surface area contributed by atoms with Crippen LogP contribution in [0.2, 0.25) is 0 Å². The molecule has 1 N–H and O–H groups in total. The van der Waals surface area contributed by atoms with Gasteiger partial charge in [0.1, 0.15) is 0 Å². The Morgan fingerprint density at radius 2 is 2.75 bits per heavy atom. The van der Waals surface area contributed by atoms with Crippen LogP contribution < -0.4 is 5.48 Å². The van der Waals surface area contributed by atoms with E-state index in [9.17, 15) is 10.1 Å². The molecular weight excluding hydrogens is 112 g/mol. The van der Waals surface area contributed by atoms with E-state index in [1.54, 1.807) is 0 Å². The Bertz CT molecular complexity index is 132. The molecule has 1 aliphatic heterocycles. The van der Waals surface area contributed by atoms with Gasteiger partial charge in [0.2, 0.25) is 0 Å². The first-order chi connectivity index (χ1) is 3.80. The molecule has 0 fully saturated rings. The molecule has 1 atom stereocenters. The molecule has 5 nitrogen and oxygen atoms in total. The van der Waals surface area contributed by atoms with Gasteiger partial charge >= 0.3 is 6.17 Å². The van der Waals surface area contributed by atoms with Gasteiger partial charge in [-0.15, -0.1) is 0 Å². The van der Waals surface area contributed by atoms with Crippen molar-refractivity contribution >= 4 is 0 Å². The van der Waals surface area contributed by atoms with Crippen molar-refractivity contribution in [3.05, 3.63) is 22.5 Å². The molecule has 0 bridgehead atoms. The molecule has 0 amide bonds. The van der Waals surface area contributed by atoms with Gasteiger partial charge < -0.3 is 4.84 Å². The summed E-state index contributed by atoms with van der Waals surface area (Å²) in [5.74, 6) is 0. The summed E-state index contributed by atoms with van der Waals surface area (Å²) in [5, 5.41) is 9.79. The van der Waals surface area contributed by atoms with Gasteiger partial charge in [-0.3, -0.25) is 10.1 Å². The van der Waals surface area contributed by atoms with Crippen molar-refractivity contribution in [2.75, 3.05) is 0 Å². The number of hydrogen-bond donors (Lipinski definition) is 1. The molecule has 1 unspecified atom stereocenters. The average molecular weight is 115 g/mol. The summed E-state index contributed by atoms with van der Waals surface area (Å²) in [7, 11) is 0. The minimum absolute atomic E-state index is 0.514. The summed E-state index contributed by atoms with van der Waals surface area (Å²) in [6.45, 7) is 0. The molecule has 1 rings (SSSR count). The Balaban J connectivity index is 2.48. The minimum atomic E-state index is -0.921. The van der Waals surface area contributed by atoms with E-state index < -0.39 is 11.1 Å². The van der Waals surface area contributed by atoms with Crippen LogP contribution in [0.15, 0.2) is 6.08 Å². The second-order valence-electron chi connectivity index (χ2n) is 1.23. The molecule has 5 heteroatoms. The number of nitrogens with zero attached hydrogens (tertiary/aromatic N) is 1. The summed E-state index contributed by atoms with van der Waals surface area (Å²) in [5.41, 5.74) is 2.09. The van der Waals surface area contributed by atoms with Crippen LogP contribution in [0.5, 0.6) is 0 Å². The van der Waals surface area contributed by atoms with Crippen molar-refractivity contribution in [1.82, 2.24) is 5.48 Å². The van der Waals surface area contributed by atoms with Crippen LogP contribution in [-0.2, 0) is 4.84 Å². The van der Waals surface area contributed by atoms with Crippen molar-refractivity contribution in [3.63, 3.8) is 0 Å². The molecule has 0 aromatic rings. The van der Waals surface area contributed by atoms with Crippen LogP contribution in [0.25, 0.3) is 0 Å². The highest BCUT2D eigenvalue weighted by Crippen LogP contribution is 1.93. The lowest BCUT2D eigenvalue weighted by Crippen LogP contribution is -2.28. The van der Waals surface area contributed by atoms with Gasteiger partial charge in [0.05, 0.1) is 6.08 Å². The van der Waals surface area contributed by atoms with E-state index in [1.165, 1.54) is 6.08 Å². The highest BCUT2D eigenvalue weighted by Gasteiger charge is 2.19. The maximum Gasteiger partial charge on any atom is 0.318 e. The van der Waals surface area contributed by atoms with Crippen molar-refractivity contribution in [1.29, 1.82) is 0 Å². The van der Waals surface area contributed by atoms with E-state index >= 15 is 0 Å². The molecule has 0 aliphatic carbocycles. The van der Waals surface area contributed by atoms with Gasteiger partial charge in [-0.1, -0.05) is 5.48 Å². The first-order valence-corrected chi connectivity index (χ1v) is 1.94. The number of nitro groups is 1. The van der Waals surface area contributed by atoms with E-state index in [4.69, 9.17) is 0 Å². The van der Waals surface area contributed by atoms with Gasteiger partial charge in [-0.25, -0.2) is 0 Å². The Hall–Kier alpha value is -1.10. The number of hydrogen-bond acceptors (Lipinski definition) is 4. The molecule has 0 saturated heterocycles. The van der Waals surface area contributed by atoms with Crippen LogP contribution >= 0.6 is 0 Å². The van der Waals surface area contributed by atoms with Crippen LogP contribution in [0.1, 0.15) is 0 Å². The monoisotopic (exact) mass is 115 g/mol. The van der Waals surface area contributed by atoms with Gasteiger partial charge in [0, 0.05) is 4.92 Å². The van der Waals surface area contributed by atoms with E-state index in [-0.39, 0.29) is 0 Å². The summed E-state index contributed by atoms with van der Waals surface area (Å²) < 4.78 is 0. The van der Waals surface area contributed by atoms with Gasteiger partial charge in [-0.2, -0.15) is 0 Å². The van der Waals surface area contributed by atoms with Crippen molar-refractivity contribution in [3.8, 4) is 0 Å². The molecule has 0 aromatic carbocycles. The Morgan fingerprint density at radius 3 is 3.00 bits per heavy atom. The predicted octanol–water partition coefficient (Wildman–Crippen LogP) is -0.559. The van der Waals surface area contributed by atoms with Crippen LogP contribution in [0.4, 0.5) is 0 Å². The lowest BCUT2D eigenvalue weighted by Gasteiger charge is -1.94. The van der Waals surface area contributed by atoms with E-state index in [0.717, 1.165) is 0 Å². The second kappa shape index (κ2) is 1.79. The van der Waals surface area contributed by atoms with Crippen LogP contribution in [0, 0.1) is 16.4 Å². The molecular formula is C3H3N2O3. The Morgan fingerprint density at radius 1 is 2.00 bits per heavy atom. The zero-order valence-electron chi connectivity index (χ0n) is 3.83. The SMILES string of the molecule is O=[N+]([O-])C1C=[C]ON1. The first kappa shape index (κ1) is 5.04. The highest BCUT2D eigenvalue weighted by atomic mass is 16.7. The molecule has 0 spiro atoms. The lowest BCUT2D eigenvalue weighted by atomic mass is 10.5. The van der Waals surface area contributed by atoms with E-state index in [0.29, 0.717) is 0 Å².